The van der Waals surface area contributed by atoms with Gasteiger partial charge in [-0.3, -0.25) is 0 Å². The Hall–Kier alpha value is -1.47. The summed E-state index contributed by atoms with van der Waals surface area (Å²) < 4.78 is 26.7. The lowest BCUT2D eigenvalue weighted by Crippen LogP contribution is -2.27. The minimum Gasteiger partial charge on any atom is -0.310 e. The molecule has 1 aromatic rings. The minimum absolute atomic E-state index is 0.0937. The highest BCUT2D eigenvalue weighted by atomic mass is 19.1. The second kappa shape index (κ2) is 4.58. The molecule has 0 bridgehead atoms. The first kappa shape index (κ1) is 11.0. The van der Waals surface area contributed by atoms with E-state index >= 15 is 0 Å². The highest BCUT2D eigenvalue weighted by molar-refractivity contribution is 5.36. The van der Waals surface area contributed by atoms with Crippen molar-refractivity contribution in [1.29, 1.82) is 5.26 Å². The molecule has 1 aromatic carbocycles. The normalized spacial score (nSPS) is 20.4. The van der Waals surface area contributed by atoms with Crippen molar-refractivity contribution in [3.05, 3.63) is 34.9 Å². The Labute approximate surface area is 92.9 Å². The fourth-order valence-corrected chi connectivity index (χ4v) is 2.04. The van der Waals surface area contributed by atoms with Crippen LogP contribution in [0.5, 0.6) is 0 Å². The number of piperidine rings is 1. The molecule has 2 nitrogen and oxygen atoms in total. The van der Waals surface area contributed by atoms with Crippen LogP contribution >= 0.6 is 0 Å². The number of nitrogens with zero attached hydrogens (tertiary/aromatic N) is 1. The van der Waals surface area contributed by atoms with Gasteiger partial charge in [0.25, 0.3) is 0 Å². The van der Waals surface area contributed by atoms with Gasteiger partial charge in [-0.2, -0.15) is 5.26 Å². The summed E-state index contributed by atoms with van der Waals surface area (Å²) in [7, 11) is 0. The Kier molecular flexibility index (Phi) is 3.16. The van der Waals surface area contributed by atoms with Gasteiger partial charge < -0.3 is 5.32 Å². The van der Waals surface area contributed by atoms with Crippen LogP contribution in [0.1, 0.15) is 36.4 Å². The van der Waals surface area contributed by atoms with E-state index in [1.807, 2.05) is 0 Å². The van der Waals surface area contributed by atoms with Crippen molar-refractivity contribution in [3.63, 3.8) is 0 Å². The average molecular weight is 222 g/mol. The summed E-state index contributed by atoms with van der Waals surface area (Å²) in [5, 5.41) is 11.9. The van der Waals surface area contributed by atoms with Crippen LogP contribution in [-0.2, 0) is 0 Å². The molecule has 1 N–H and O–H groups in total. The third-order valence-corrected chi connectivity index (χ3v) is 2.89. The number of hydrogen-bond donors (Lipinski definition) is 1. The lowest BCUT2D eigenvalue weighted by Gasteiger charge is -2.24. The van der Waals surface area contributed by atoms with E-state index in [1.165, 1.54) is 6.07 Å². The van der Waals surface area contributed by atoms with Gasteiger partial charge in [-0.15, -0.1) is 0 Å². The van der Waals surface area contributed by atoms with E-state index in [2.05, 4.69) is 5.32 Å². The maximum atomic E-state index is 13.6. The molecule has 1 saturated heterocycles. The highest BCUT2D eigenvalue weighted by Gasteiger charge is 2.20. The number of nitrogens with one attached hydrogen (secondary N) is 1. The highest BCUT2D eigenvalue weighted by Crippen LogP contribution is 2.26. The third kappa shape index (κ3) is 2.05. The van der Waals surface area contributed by atoms with Crippen LogP contribution in [0, 0.1) is 23.0 Å². The molecule has 0 amide bonds. The van der Waals surface area contributed by atoms with Gasteiger partial charge >= 0.3 is 0 Å². The molecule has 1 aliphatic rings. The standard InChI is InChI=1S/C12H12F2N2/c13-10-6-11(14)9(5-8(10)7-15)12-3-1-2-4-16-12/h5-6,12,16H,1-4H2. The Balaban J connectivity index is 2.36. The van der Waals surface area contributed by atoms with Crippen LogP contribution in [0.15, 0.2) is 12.1 Å². The van der Waals surface area contributed by atoms with Crippen molar-refractivity contribution >= 4 is 0 Å². The fourth-order valence-electron chi connectivity index (χ4n) is 2.04. The van der Waals surface area contributed by atoms with E-state index in [0.717, 1.165) is 31.9 Å². The average Bonchev–Trinajstić information content (AvgIpc) is 2.30. The van der Waals surface area contributed by atoms with Crippen molar-refractivity contribution < 1.29 is 8.78 Å². The van der Waals surface area contributed by atoms with E-state index in [-0.39, 0.29) is 11.6 Å². The second-order valence-corrected chi connectivity index (χ2v) is 3.97. The Morgan fingerprint density at radius 1 is 1.25 bits per heavy atom. The molecule has 1 heterocycles. The molecule has 0 aromatic heterocycles. The van der Waals surface area contributed by atoms with Crippen molar-refractivity contribution in [1.82, 2.24) is 5.32 Å². The van der Waals surface area contributed by atoms with Gasteiger partial charge in [0.1, 0.15) is 17.7 Å². The molecule has 4 heteroatoms. The van der Waals surface area contributed by atoms with Gasteiger partial charge in [-0.1, -0.05) is 6.42 Å². The van der Waals surface area contributed by atoms with E-state index in [1.54, 1.807) is 6.07 Å². The molecule has 84 valence electrons. The second-order valence-electron chi connectivity index (χ2n) is 3.97. The summed E-state index contributed by atoms with van der Waals surface area (Å²) in [6, 6.07) is 3.75. The first-order valence-corrected chi connectivity index (χ1v) is 5.35. The molecule has 0 spiro atoms. The zero-order valence-electron chi connectivity index (χ0n) is 8.76. The van der Waals surface area contributed by atoms with Crippen LogP contribution in [0.25, 0.3) is 0 Å². The third-order valence-electron chi connectivity index (χ3n) is 2.89. The predicted octanol–water partition coefficient (Wildman–Crippen LogP) is 2.65. The maximum Gasteiger partial charge on any atom is 0.143 e. The van der Waals surface area contributed by atoms with Gasteiger partial charge in [0.15, 0.2) is 0 Å². The first-order valence-electron chi connectivity index (χ1n) is 5.35. The van der Waals surface area contributed by atoms with Gasteiger partial charge in [0.05, 0.1) is 5.56 Å². The zero-order valence-corrected chi connectivity index (χ0v) is 8.76. The molecule has 1 aliphatic heterocycles. The lowest BCUT2D eigenvalue weighted by molar-refractivity contribution is 0.398. The summed E-state index contributed by atoms with van der Waals surface area (Å²) >= 11 is 0. The van der Waals surface area contributed by atoms with Crippen LogP contribution in [-0.4, -0.2) is 6.54 Å². The number of hydrogen-bond acceptors (Lipinski definition) is 2. The molecule has 0 saturated carbocycles. The number of nitriles is 1. The molecule has 0 radical (unpaired) electrons. The molecule has 16 heavy (non-hydrogen) atoms. The summed E-state index contributed by atoms with van der Waals surface area (Å²) in [5.74, 6) is -1.37. The largest absolute Gasteiger partial charge is 0.310 e. The van der Waals surface area contributed by atoms with E-state index < -0.39 is 11.6 Å². The summed E-state index contributed by atoms with van der Waals surface area (Å²) in [6.07, 6.45) is 2.92. The zero-order chi connectivity index (χ0) is 11.5. The minimum atomic E-state index is -0.792. The Morgan fingerprint density at radius 2 is 2.06 bits per heavy atom. The van der Waals surface area contributed by atoms with Crippen LogP contribution in [0.2, 0.25) is 0 Å². The van der Waals surface area contributed by atoms with Gasteiger partial charge in [0, 0.05) is 17.7 Å². The topological polar surface area (TPSA) is 35.8 Å². The molecule has 1 fully saturated rings. The predicted molar refractivity (Wildman–Crippen MR) is 55.7 cm³/mol. The number of benzene rings is 1. The van der Waals surface area contributed by atoms with Gasteiger partial charge in [0.2, 0.25) is 0 Å². The van der Waals surface area contributed by atoms with Crippen LogP contribution < -0.4 is 5.32 Å². The Morgan fingerprint density at radius 3 is 2.69 bits per heavy atom. The smallest absolute Gasteiger partial charge is 0.143 e. The molecule has 1 atom stereocenters. The SMILES string of the molecule is N#Cc1cc(C2CCCCN2)c(F)cc1F. The van der Waals surface area contributed by atoms with Crippen LogP contribution in [0.4, 0.5) is 8.78 Å². The molecule has 2 rings (SSSR count). The van der Waals surface area contributed by atoms with Crippen molar-refractivity contribution in [2.24, 2.45) is 0 Å². The molecule has 1 unspecified atom stereocenters. The van der Waals surface area contributed by atoms with Crippen molar-refractivity contribution in [2.45, 2.75) is 25.3 Å². The van der Waals surface area contributed by atoms with Gasteiger partial charge in [-0.25, -0.2) is 8.78 Å². The molecule has 0 aliphatic carbocycles. The molecular weight excluding hydrogens is 210 g/mol. The Bertz CT molecular complexity index is 431. The van der Waals surface area contributed by atoms with Crippen LogP contribution in [0.3, 0.4) is 0 Å². The number of rotatable bonds is 1. The first-order chi connectivity index (χ1) is 7.72. The van der Waals surface area contributed by atoms with E-state index in [9.17, 15) is 8.78 Å². The number of halogens is 2. The van der Waals surface area contributed by atoms with Crippen molar-refractivity contribution in [3.8, 4) is 6.07 Å². The monoisotopic (exact) mass is 222 g/mol. The summed E-state index contributed by atoms with van der Waals surface area (Å²) in [4.78, 5) is 0. The maximum absolute atomic E-state index is 13.6. The summed E-state index contributed by atoms with van der Waals surface area (Å²) in [6.45, 7) is 0.837. The van der Waals surface area contributed by atoms with E-state index in [0.29, 0.717) is 5.56 Å². The summed E-state index contributed by atoms with van der Waals surface area (Å²) in [5.41, 5.74) is 0.307. The lowest BCUT2D eigenvalue weighted by atomic mass is 9.95. The van der Waals surface area contributed by atoms with Crippen molar-refractivity contribution in [2.75, 3.05) is 6.54 Å². The fraction of sp³-hybridized carbons (Fsp3) is 0.417. The quantitative estimate of drug-likeness (QED) is 0.792. The van der Waals surface area contributed by atoms with E-state index in [4.69, 9.17) is 5.26 Å². The molecular formula is C12H12F2N2. The van der Waals surface area contributed by atoms with Gasteiger partial charge in [-0.05, 0) is 25.5 Å².